The summed E-state index contributed by atoms with van der Waals surface area (Å²) < 4.78 is 10.8. The molecule has 0 spiro atoms. The lowest BCUT2D eigenvalue weighted by molar-refractivity contribution is 0.102. The Balaban J connectivity index is 1.48. The second-order valence-electron chi connectivity index (χ2n) is 6.16. The lowest BCUT2D eigenvalue weighted by atomic mass is 10.1. The zero-order chi connectivity index (χ0) is 20.2. The number of carbonyl (C=O) groups excluding carboxylic acids is 1. The molecule has 6 nitrogen and oxygen atoms in total. The van der Waals surface area contributed by atoms with Crippen molar-refractivity contribution in [3.63, 3.8) is 0 Å². The molecular weight excluding hydrogens is 390 g/mol. The highest BCUT2D eigenvalue weighted by Gasteiger charge is 2.12. The fourth-order valence-corrected chi connectivity index (χ4v) is 3.00. The maximum atomic E-state index is 12.4. The second kappa shape index (κ2) is 8.16. The van der Waals surface area contributed by atoms with E-state index < -0.39 is 0 Å². The molecule has 29 heavy (non-hydrogen) atoms. The van der Waals surface area contributed by atoms with Crippen molar-refractivity contribution >= 4 is 23.2 Å². The summed E-state index contributed by atoms with van der Waals surface area (Å²) in [4.78, 5) is 12.4. The maximum Gasteiger partial charge on any atom is 0.255 e. The second-order valence-corrected chi connectivity index (χ2v) is 6.57. The molecule has 0 atom stereocenters. The van der Waals surface area contributed by atoms with Gasteiger partial charge in [-0.3, -0.25) is 4.79 Å². The predicted molar refractivity (Wildman–Crippen MR) is 111 cm³/mol. The standard InChI is InChI=1S/C22H16ClN3O3/c1-28-19-12-9-16(13-18(19)23)20(27)24-17-10-7-15(8-11-17)22-26-25-21(29-22)14-5-3-2-4-6-14/h2-13H,1H3,(H,24,27). The zero-order valence-electron chi connectivity index (χ0n) is 15.4. The predicted octanol–water partition coefficient (Wildman–Crippen LogP) is 5.32. The van der Waals surface area contributed by atoms with Crippen LogP contribution in [0.3, 0.4) is 0 Å². The minimum Gasteiger partial charge on any atom is -0.495 e. The Bertz CT molecular complexity index is 1140. The number of hydrogen-bond donors (Lipinski definition) is 1. The smallest absolute Gasteiger partial charge is 0.255 e. The van der Waals surface area contributed by atoms with Gasteiger partial charge in [-0.2, -0.15) is 0 Å². The molecule has 1 N–H and O–H groups in total. The van der Waals surface area contributed by atoms with Crippen LogP contribution in [-0.2, 0) is 0 Å². The summed E-state index contributed by atoms with van der Waals surface area (Å²) in [6, 6.07) is 21.6. The molecule has 0 aliphatic rings. The van der Waals surface area contributed by atoms with Crippen LogP contribution in [0.5, 0.6) is 5.75 Å². The first-order valence-electron chi connectivity index (χ1n) is 8.78. The highest BCUT2D eigenvalue weighted by Crippen LogP contribution is 2.27. The molecule has 0 saturated carbocycles. The maximum absolute atomic E-state index is 12.4. The topological polar surface area (TPSA) is 77.2 Å². The minimum atomic E-state index is -0.272. The van der Waals surface area contributed by atoms with E-state index in [0.29, 0.717) is 33.8 Å². The average molecular weight is 406 g/mol. The Morgan fingerprint density at radius 1 is 0.931 bits per heavy atom. The van der Waals surface area contributed by atoms with E-state index in [1.54, 1.807) is 42.5 Å². The quantitative estimate of drug-likeness (QED) is 0.486. The monoisotopic (exact) mass is 405 g/mol. The number of hydrogen-bond acceptors (Lipinski definition) is 5. The van der Waals surface area contributed by atoms with Crippen LogP contribution in [0.1, 0.15) is 10.4 Å². The van der Waals surface area contributed by atoms with Crippen molar-refractivity contribution in [2.45, 2.75) is 0 Å². The third-order valence-corrected chi connectivity index (χ3v) is 4.54. The van der Waals surface area contributed by atoms with Crippen LogP contribution < -0.4 is 10.1 Å². The van der Waals surface area contributed by atoms with Crippen molar-refractivity contribution in [1.29, 1.82) is 0 Å². The number of anilines is 1. The SMILES string of the molecule is COc1ccc(C(=O)Nc2ccc(-c3nnc(-c4ccccc4)o3)cc2)cc1Cl. The number of amides is 1. The number of benzene rings is 3. The summed E-state index contributed by atoms with van der Waals surface area (Å²) in [5.41, 5.74) is 2.68. The van der Waals surface area contributed by atoms with E-state index in [2.05, 4.69) is 15.5 Å². The highest BCUT2D eigenvalue weighted by molar-refractivity contribution is 6.32. The van der Waals surface area contributed by atoms with Crippen LogP contribution >= 0.6 is 11.6 Å². The number of rotatable bonds is 5. The van der Waals surface area contributed by atoms with Gasteiger partial charge >= 0.3 is 0 Å². The van der Waals surface area contributed by atoms with Gasteiger partial charge in [0.05, 0.1) is 12.1 Å². The molecule has 1 amide bonds. The summed E-state index contributed by atoms with van der Waals surface area (Å²) >= 11 is 6.08. The van der Waals surface area contributed by atoms with Gasteiger partial charge in [-0.05, 0) is 54.6 Å². The number of halogens is 1. The Hall–Kier alpha value is -3.64. The normalized spacial score (nSPS) is 10.6. The summed E-state index contributed by atoms with van der Waals surface area (Å²) in [5, 5.41) is 11.4. The van der Waals surface area contributed by atoms with Gasteiger partial charge < -0.3 is 14.5 Å². The molecule has 0 bridgehead atoms. The molecule has 4 rings (SSSR count). The van der Waals surface area contributed by atoms with Crippen LogP contribution in [-0.4, -0.2) is 23.2 Å². The Labute approximate surface area is 172 Å². The molecule has 0 unspecified atom stereocenters. The van der Waals surface area contributed by atoms with Gasteiger partial charge in [0.15, 0.2) is 0 Å². The molecule has 144 valence electrons. The molecule has 0 saturated heterocycles. The number of nitrogens with one attached hydrogen (secondary N) is 1. The zero-order valence-corrected chi connectivity index (χ0v) is 16.2. The number of carbonyl (C=O) groups is 1. The van der Waals surface area contributed by atoms with E-state index in [0.717, 1.165) is 11.1 Å². The average Bonchev–Trinajstić information content (AvgIpc) is 3.25. The Kier molecular flexibility index (Phi) is 5.27. The largest absolute Gasteiger partial charge is 0.495 e. The van der Waals surface area contributed by atoms with Crippen molar-refractivity contribution in [2.24, 2.45) is 0 Å². The van der Waals surface area contributed by atoms with Gasteiger partial charge in [-0.1, -0.05) is 29.8 Å². The molecule has 7 heteroatoms. The van der Waals surface area contributed by atoms with E-state index in [-0.39, 0.29) is 5.91 Å². The summed E-state index contributed by atoms with van der Waals surface area (Å²) in [6.07, 6.45) is 0. The van der Waals surface area contributed by atoms with Gasteiger partial charge in [0.25, 0.3) is 5.91 Å². The van der Waals surface area contributed by atoms with Crippen molar-refractivity contribution in [2.75, 3.05) is 12.4 Å². The van der Waals surface area contributed by atoms with Crippen molar-refractivity contribution in [3.8, 4) is 28.7 Å². The van der Waals surface area contributed by atoms with Crippen molar-refractivity contribution in [3.05, 3.63) is 83.4 Å². The van der Waals surface area contributed by atoms with E-state index in [9.17, 15) is 4.79 Å². The molecule has 0 aliphatic carbocycles. The molecule has 4 aromatic rings. The fraction of sp³-hybridized carbons (Fsp3) is 0.0455. The van der Waals surface area contributed by atoms with Gasteiger partial charge in [-0.15, -0.1) is 10.2 Å². The summed E-state index contributed by atoms with van der Waals surface area (Å²) in [5.74, 6) is 1.10. The van der Waals surface area contributed by atoms with Gasteiger partial charge in [-0.25, -0.2) is 0 Å². The molecule has 0 radical (unpaired) electrons. The van der Waals surface area contributed by atoms with E-state index in [1.807, 2.05) is 30.3 Å². The summed E-state index contributed by atoms with van der Waals surface area (Å²) in [6.45, 7) is 0. The third kappa shape index (κ3) is 4.12. The highest BCUT2D eigenvalue weighted by atomic mass is 35.5. The molecule has 0 aliphatic heterocycles. The molecular formula is C22H16ClN3O3. The van der Waals surface area contributed by atoms with E-state index in [1.165, 1.54) is 7.11 Å². The van der Waals surface area contributed by atoms with Crippen LogP contribution in [0, 0.1) is 0 Å². The van der Waals surface area contributed by atoms with Crippen molar-refractivity contribution < 1.29 is 13.9 Å². The summed E-state index contributed by atoms with van der Waals surface area (Å²) in [7, 11) is 1.52. The molecule has 1 aromatic heterocycles. The molecule has 1 heterocycles. The number of nitrogens with zero attached hydrogens (tertiary/aromatic N) is 2. The minimum absolute atomic E-state index is 0.272. The van der Waals surface area contributed by atoms with Crippen LogP contribution in [0.4, 0.5) is 5.69 Å². The first-order valence-corrected chi connectivity index (χ1v) is 9.16. The molecule has 0 fully saturated rings. The van der Waals surface area contributed by atoms with Crippen LogP contribution in [0.25, 0.3) is 22.9 Å². The van der Waals surface area contributed by atoms with Gasteiger partial charge in [0.1, 0.15) is 5.75 Å². The first kappa shape index (κ1) is 18.7. The third-order valence-electron chi connectivity index (χ3n) is 4.25. The molecule has 3 aromatic carbocycles. The van der Waals surface area contributed by atoms with E-state index >= 15 is 0 Å². The number of methoxy groups -OCH3 is 1. The number of ether oxygens (including phenoxy) is 1. The number of aromatic nitrogens is 2. The Morgan fingerprint density at radius 3 is 2.21 bits per heavy atom. The van der Waals surface area contributed by atoms with E-state index in [4.69, 9.17) is 20.8 Å². The fourth-order valence-electron chi connectivity index (χ4n) is 2.74. The lowest BCUT2D eigenvalue weighted by Crippen LogP contribution is -2.11. The van der Waals surface area contributed by atoms with Gasteiger partial charge in [0, 0.05) is 22.4 Å². The van der Waals surface area contributed by atoms with Gasteiger partial charge in [0.2, 0.25) is 11.8 Å². The lowest BCUT2D eigenvalue weighted by Gasteiger charge is -2.08. The van der Waals surface area contributed by atoms with Crippen molar-refractivity contribution in [1.82, 2.24) is 10.2 Å². The Morgan fingerprint density at radius 2 is 1.59 bits per heavy atom. The first-order chi connectivity index (χ1) is 14.1. The van der Waals surface area contributed by atoms with Crippen LogP contribution in [0.2, 0.25) is 5.02 Å². The van der Waals surface area contributed by atoms with Crippen LogP contribution in [0.15, 0.2) is 77.2 Å².